The minimum atomic E-state index is -1.17. The highest BCUT2D eigenvalue weighted by Gasteiger charge is 2.39. The van der Waals surface area contributed by atoms with Gasteiger partial charge in [-0.2, -0.15) is 0 Å². The standard InChI is InChI=1S/C29H27F3N4O4/c1-3-20-10-9-17(2)34-16-36(20)35-14-22(28(38)33-13-21-23(31)11-19(30)12-24(21)32)26(37)27(25(35)29(34)39)40-15-18-7-5-4-6-8-18/h4-12,14,17,20H,3,13,15-16H2,1-2H3,(H,33,38)/t17-,20-/m0/s1. The number of hydrogen-bond donors (Lipinski definition) is 1. The quantitative estimate of drug-likeness (QED) is 0.450. The molecule has 1 N–H and O–H groups in total. The number of carbonyl (C=O) groups excluding carboxylic acids is 2. The number of nitrogens with zero attached hydrogens (tertiary/aromatic N) is 3. The molecule has 2 aromatic carbocycles. The van der Waals surface area contributed by atoms with Gasteiger partial charge in [-0.25, -0.2) is 13.2 Å². The number of benzene rings is 2. The van der Waals surface area contributed by atoms with Crippen molar-refractivity contribution in [3.05, 3.63) is 111 Å². The molecule has 3 aromatic rings. The van der Waals surface area contributed by atoms with Gasteiger partial charge in [-0.15, -0.1) is 0 Å². The van der Waals surface area contributed by atoms with Gasteiger partial charge in [0.05, 0.1) is 6.04 Å². The fourth-order valence-electron chi connectivity index (χ4n) is 4.85. The molecule has 0 unspecified atom stereocenters. The van der Waals surface area contributed by atoms with Crippen molar-refractivity contribution in [2.24, 2.45) is 0 Å². The van der Waals surface area contributed by atoms with E-state index in [0.29, 0.717) is 18.6 Å². The first-order valence-corrected chi connectivity index (χ1v) is 12.8. The van der Waals surface area contributed by atoms with E-state index in [1.165, 1.54) is 10.9 Å². The average molecular weight is 553 g/mol. The van der Waals surface area contributed by atoms with Crippen LogP contribution in [0.1, 0.15) is 52.2 Å². The van der Waals surface area contributed by atoms with Crippen molar-refractivity contribution in [1.29, 1.82) is 0 Å². The predicted octanol–water partition coefficient (Wildman–Crippen LogP) is 3.86. The Morgan fingerprint density at radius 1 is 1.07 bits per heavy atom. The Morgan fingerprint density at radius 2 is 1.77 bits per heavy atom. The molecule has 0 aliphatic carbocycles. The van der Waals surface area contributed by atoms with Crippen LogP contribution in [0.2, 0.25) is 0 Å². The Bertz CT molecular complexity index is 1530. The van der Waals surface area contributed by atoms with Gasteiger partial charge in [0, 0.05) is 36.5 Å². The van der Waals surface area contributed by atoms with E-state index in [4.69, 9.17) is 4.74 Å². The van der Waals surface area contributed by atoms with Crippen LogP contribution in [-0.4, -0.2) is 40.1 Å². The molecule has 0 saturated heterocycles. The molecule has 40 heavy (non-hydrogen) atoms. The lowest BCUT2D eigenvalue weighted by Gasteiger charge is -2.42. The molecule has 5 rings (SSSR count). The van der Waals surface area contributed by atoms with Crippen LogP contribution >= 0.6 is 0 Å². The Morgan fingerprint density at radius 3 is 2.45 bits per heavy atom. The summed E-state index contributed by atoms with van der Waals surface area (Å²) in [4.78, 5) is 42.2. The second-order valence-corrected chi connectivity index (χ2v) is 9.66. The van der Waals surface area contributed by atoms with Crippen molar-refractivity contribution in [2.75, 3.05) is 11.7 Å². The maximum Gasteiger partial charge on any atom is 0.278 e. The maximum absolute atomic E-state index is 14.2. The zero-order valence-electron chi connectivity index (χ0n) is 21.9. The van der Waals surface area contributed by atoms with E-state index < -0.39 is 46.8 Å². The number of hydrogen-bond acceptors (Lipinski definition) is 5. The Hall–Kier alpha value is -4.54. The molecule has 3 heterocycles. The summed E-state index contributed by atoms with van der Waals surface area (Å²) in [6.45, 7) is 3.37. The molecule has 2 aliphatic heterocycles. The third-order valence-corrected chi connectivity index (χ3v) is 7.09. The number of nitrogens with one attached hydrogen (secondary N) is 1. The largest absolute Gasteiger partial charge is 0.482 e. The van der Waals surface area contributed by atoms with Crippen molar-refractivity contribution in [3.8, 4) is 5.75 Å². The number of carbonyl (C=O) groups is 2. The van der Waals surface area contributed by atoms with E-state index in [2.05, 4.69) is 5.32 Å². The van der Waals surface area contributed by atoms with Crippen molar-refractivity contribution in [1.82, 2.24) is 14.9 Å². The lowest BCUT2D eigenvalue weighted by molar-refractivity contribution is 0.0647. The number of pyridine rings is 1. The maximum atomic E-state index is 14.2. The number of amides is 2. The summed E-state index contributed by atoms with van der Waals surface area (Å²) < 4.78 is 49.0. The van der Waals surface area contributed by atoms with Crippen LogP contribution in [0.15, 0.2) is 65.6 Å². The van der Waals surface area contributed by atoms with Crippen LogP contribution < -0.4 is 20.5 Å². The van der Waals surface area contributed by atoms with E-state index >= 15 is 0 Å². The molecule has 2 aliphatic rings. The molecular weight excluding hydrogens is 525 g/mol. The smallest absolute Gasteiger partial charge is 0.278 e. The van der Waals surface area contributed by atoms with Crippen LogP contribution in [0.4, 0.5) is 13.2 Å². The highest BCUT2D eigenvalue weighted by Crippen LogP contribution is 2.28. The van der Waals surface area contributed by atoms with E-state index in [1.807, 2.05) is 37.1 Å². The molecule has 208 valence electrons. The second-order valence-electron chi connectivity index (χ2n) is 9.66. The highest BCUT2D eigenvalue weighted by atomic mass is 19.1. The van der Waals surface area contributed by atoms with Gasteiger partial charge in [-0.1, -0.05) is 49.4 Å². The number of fused-ring (bicyclic) bond motifs is 4. The zero-order chi connectivity index (χ0) is 28.6. The van der Waals surface area contributed by atoms with Crippen LogP contribution in [0, 0.1) is 17.5 Å². The summed E-state index contributed by atoms with van der Waals surface area (Å²) in [5.74, 6) is -5.12. The van der Waals surface area contributed by atoms with Crippen molar-refractivity contribution in [3.63, 3.8) is 0 Å². The third-order valence-electron chi connectivity index (χ3n) is 7.09. The summed E-state index contributed by atoms with van der Waals surface area (Å²) in [5, 5.41) is 4.19. The molecule has 0 spiro atoms. The van der Waals surface area contributed by atoms with E-state index in [0.717, 1.165) is 5.56 Å². The molecule has 2 bridgehead atoms. The van der Waals surface area contributed by atoms with Crippen LogP contribution in [-0.2, 0) is 13.2 Å². The number of rotatable bonds is 7. The first-order chi connectivity index (χ1) is 19.2. The average Bonchev–Trinajstić information content (AvgIpc) is 3.07. The van der Waals surface area contributed by atoms with Gasteiger partial charge in [0.2, 0.25) is 5.43 Å². The topological polar surface area (TPSA) is 83.9 Å². The van der Waals surface area contributed by atoms with E-state index in [9.17, 15) is 27.6 Å². The fourth-order valence-corrected chi connectivity index (χ4v) is 4.85. The third kappa shape index (κ3) is 4.94. The highest BCUT2D eigenvalue weighted by molar-refractivity contribution is 5.99. The lowest BCUT2D eigenvalue weighted by Crippen LogP contribution is -2.58. The van der Waals surface area contributed by atoms with Gasteiger partial charge in [-0.3, -0.25) is 24.1 Å². The minimum Gasteiger partial charge on any atom is -0.482 e. The first kappa shape index (κ1) is 27.0. The SMILES string of the molecule is CC[C@H]1C=C[C@H](C)N2CN1n1cc(C(=O)NCc3c(F)cc(F)cc3F)c(=O)c(OCc3ccccc3)c1C2=O. The normalized spacial score (nSPS) is 17.9. The van der Waals surface area contributed by atoms with Crippen LogP contribution in [0.25, 0.3) is 0 Å². The van der Waals surface area contributed by atoms with Gasteiger partial charge in [-0.05, 0) is 18.9 Å². The summed E-state index contributed by atoms with van der Waals surface area (Å²) in [6.07, 6.45) is 5.80. The lowest BCUT2D eigenvalue weighted by atomic mass is 10.1. The summed E-state index contributed by atoms with van der Waals surface area (Å²) in [6, 6.07) is 9.60. The summed E-state index contributed by atoms with van der Waals surface area (Å²) >= 11 is 0. The summed E-state index contributed by atoms with van der Waals surface area (Å²) in [5.41, 5.74) is -1.07. The molecule has 0 fully saturated rings. The predicted molar refractivity (Wildman–Crippen MR) is 141 cm³/mol. The van der Waals surface area contributed by atoms with Gasteiger partial charge >= 0.3 is 0 Å². The molecular formula is C29H27F3N4O4. The fraction of sp³-hybridized carbons (Fsp3) is 0.276. The first-order valence-electron chi connectivity index (χ1n) is 12.8. The Labute approximate surface area is 228 Å². The minimum absolute atomic E-state index is 0.0200. The van der Waals surface area contributed by atoms with E-state index in [1.54, 1.807) is 29.2 Å². The molecule has 0 saturated carbocycles. The second kappa shape index (κ2) is 10.9. The summed E-state index contributed by atoms with van der Waals surface area (Å²) in [7, 11) is 0. The molecule has 2 amide bonds. The number of halogens is 3. The Kier molecular flexibility index (Phi) is 7.38. The van der Waals surface area contributed by atoms with Crippen molar-refractivity contribution in [2.45, 2.75) is 45.5 Å². The van der Waals surface area contributed by atoms with Gasteiger partial charge < -0.3 is 15.0 Å². The monoisotopic (exact) mass is 552 g/mol. The molecule has 11 heteroatoms. The number of aromatic nitrogens is 1. The van der Waals surface area contributed by atoms with Crippen molar-refractivity contribution >= 4 is 11.8 Å². The van der Waals surface area contributed by atoms with Gasteiger partial charge in [0.1, 0.15) is 36.3 Å². The van der Waals surface area contributed by atoms with Crippen LogP contribution in [0.5, 0.6) is 5.75 Å². The molecule has 0 radical (unpaired) electrons. The van der Waals surface area contributed by atoms with Gasteiger partial charge in [0.15, 0.2) is 11.4 Å². The van der Waals surface area contributed by atoms with Crippen molar-refractivity contribution < 1.29 is 27.5 Å². The molecule has 8 nitrogen and oxygen atoms in total. The Balaban J connectivity index is 1.58. The molecule has 2 atom stereocenters. The molecule has 1 aromatic heterocycles. The van der Waals surface area contributed by atoms with Crippen LogP contribution in [0.3, 0.4) is 0 Å². The zero-order valence-corrected chi connectivity index (χ0v) is 21.9. The van der Waals surface area contributed by atoms with E-state index in [-0.39, 0.29) is 42.4 Å². The van der Waals surface area contributed by atoms with Gasteiger partial charge in [0.25, 0.3) is 11.8 Å². The number of ether oxygens (including phenoxy) is 1.